The first-order chi connectivity index (χ1) is 30.4. The molecule has 0 fully saturated rings. The second-order valence-electron chi connectivity index (χ2n) is 16.4. The van der Waals surface area contributed by atoms with E-state index in [0.717, 1.165) is 35.1 Å². The number of hydrogen-bond donors (Lipinski definition) is 1. The van der Waals surface area contributed by atoms with Crippen molar-refractivity contribution in [3.63, 3.8) is 0 Å². The summed E-state index contributed by atoms with van der Waals surface area (Å²) in [4.78, 5) is 11.5. The van der Waals surface area contributed by atoms with E-state index in [1.54, 1.807) is 12.1 Å². The maximum atomic E-state index is 14.2. The monoisotopic (exact) mass is 932 g/mol. The Hall–Kier alpha value is -5.57. The molecule has 0 radical (unpaired) electrons. The van der Waals surface area contributed by atoms with Gasteiger partial charge in [-0.25, -0.2) is 4.57 Å². The molecule has 1 aliphatic heterocycles. The van der Waals surface area contributed by atoms with Crippen LogP contribution in [0.4, 0.5) is 52.7 Å². The van der Waals surface area contributed by atoms with Crippen molar-refractivity contribution in [1.82, 2.24) is 0 Å². The molecular weight excluding hydrogens is 899 g/mol. The SMILES string of the molecule is O=P1(O)Oc2c(-c3ccc(-c4cc(C(F)(F)F)cc(C(F)(F)F)c4)cc3)cc3c(c2[C@H]2c4ccccc4CC(c4ccc(-c5cc(C(F)(F)F)cc(C(F)(F)F)c5)cc4)[C@H]2O1)CCCC3. The molecule has 6 aromatic rings. The van der Waals surface area contributed by atoms with Gasteiger partial charge in [0.1, 0.15) is 5.75 Å². The van der Waals surface area contributed by atoms with Gasteiger partial charge in [0.05, 0.1) is 28.4 Å². The Labute approximate surface area is 363 Å². The van der Waals surface area contributed by atoms with E-state index < -0.39 is 72.7 Å². The summed E-state index contributed by atoms with van der Waals surface area (Å²) in [6.07, 6.45) is -18.4. The summed E-state index contributed by atoms with van der Waals surface area (Å²) in [5, 5.41) is 0. The molecule has 4 nitrogen and oxygen atoms in total. The average molecular weight is 933 g/mol. The summed E-state index contributed by atoms with van der Waals surface area (Å²) in [7, 11) is -5.03. The molecule has 1 N–H and O–H groups in total. The van der Waals surface area contributed by atoms with Gasteiger partial charge in [0.25, 0.3) is 0 Å². The van der Waals surface area contributed by atoms with Crippen molar-refractivity contribution in [3.05, 3.63) is 171 Å². The molecule has 3 aliphatic rings. The van der Waals surface area contributed by atoms with Gasteiger partial charge in [0.2, 0.25) is 0 Å². The lowest BCUT2D eigenvalue weighted by Crippen LogP contribution is -2.35. The molecule has 338 valence electrons. The first kappa shape index (κ1) is 44.6. The number of aryl methyl sites for hydroxylation is 1. The highest BCUT2D eigenvalue weighted by Crippen LogP contribution is 2.62. The summed E-state index contributed by atoms with van der Waals surface area (Å²) >= 11 is 0. The zero-order valence-corrected chi connectivity index (χ0v) is 34.3. The summed E-state index contributed by atoms with van der Waals surface area (Å²) in [5.41, 5.74) is -1.39. The van der Waals surface area contributed by atoms with Gasteiger partial charge >= 0.3 is 32.5 Å². The predicted octanol–water partition coefficient (Wildman–Crippen LogP) is 15.0. The number of rotatable bonds is 4. The number of halogens is 12. The highest BCUT2D eigenvalue weighted by molar-refractivity contribution is 7.47. The minimum atomic E-state index is -5.07. The molecule has 6 aromatic carbocycles. The van der Waals surface area contributed by atoms with E-state index in [1.165, 1.54) is 48.5 Å². The Morgan fingerprint density at radius 2 is 1.02 bits per heavy atom. The highest BCUT2D eigenvalue weighted by Gasteiger charge is 2.49. The molecule has 0 saturated heterocycles. The quantitative estimate of drug-likeness (QED) is 0.141. The molecule has 2 unspecified atom stereocenters. The van der Waals surface area contributed by atoms with Crippen molar-refractivity contribution in [2.24, 2.45) is 0 Å². The van der Waals surface area contributed by atoms with Crippen molar-refractivity contribution < 1.29 is 71.2 Å². The summed E-state index contributed by atoms with van der Waals surface area (Å²) in [6.45, 7) is 0. The van der Waals surface area contributed by atoms with Crippen LogP contribution < -0.4 is 4.52 Å². The van der Waals surface area contributed by atoms with Crippen LogP contribution in [0.1, 0.15) is 80.3 Å². The number of phosphoric acid groups is 1. The second-order valence-corrected chi connectivity index (χ2v) is 17.7. The standard InChI is InChI=1S/C48H33F12O4P/c49-45(50,51)33-17-31(18-34(23-33)46(52,53)54)25-9-13-27(14-10-25)39-21-29-5-1-3-7-37(29)41-42-38-8-4-2-6-30(38)22-40(44(42)64-65(61,62)63-43(39)41)28-15-11-26(12-16-28)32-19-35(47(55,56)57)24-36(20-32)48(58,59)60/h1,3,5,7,9-20,22-24,39,41,43H,2,4,6,8,21H2,(H,61,62)/t39?,41-,43-/m1/s1. The van der Waals surface area contributed by atoms with Gasteiger partial charge in [-0.15, -0.1) is 0 Å². The Kier molecular flexibility index (Phi) is 10.8. The summed E-state index contributed by atoms with van der Waals surface area (Å²) in [5.74, 6) is -1.47. The van der Waals surface area contributed by atoms with Crippen LogP contribution in [0.2, 0.25) is 0 Å². The van der Waals surface area contributed by atoms with E-state index in [0.29, 0.717) is 59.4 Å². The number of fused-ring (bicyclic) bond motifs is 7. The maximum absolute atomic E-state index is 14.2. The largest absolute Gasteiger partial charge is 0.527 e. The highest BCUT2D eigenvalue weighted by atomic mass is 31.2. The topological polar surface area (TPSA) is 55.8 Å². The van der Waals surface area contributed by atoms with E-state index in [2.05, 4.69) is 0 Å². The Balaban J connectivity index is 1.17. The normalized spacial score (nSPS) is 21.0. The smallest absolute Gasteiger partial charge is 0.403 e. The Morgan fingerprint density at radius 3 is 1.54 bits per heavy atom. The second kappa shape index (κ2) is 15.8. The van der Waals surface area contributed by atoms with Crippen LogP contribution in [0.15, 0.2) is 115 Å². The predicted molar refractivity (Wildman–Crippen MR) is 216 cm³/mol. The van der Waals surface area contributed by atoms with Crippen molar-refractivity contribution in [1.29, 1.82) is 0 Å². The molecule has 0 aromatic heterocycles. The summed E-state index contributed by atoms with van der Waals surface area (Å²) in [6, 6.07) is 23.2. The maximum Gasteiger partial charge on any atom is 0.527 e. The van der Waals surface area contributed by atoms with Gasteiger partial charge in [0.15, 0.2) is 0 Å². The van der Waals surface area contributed by atoms with Crippen molar-refractivity contribution in [2.45, 2.75) is 74.7 Å². The molecule has 0 saturated carbocycles. The first-order valence-corrected chi connectivity index (χ1v) is 21.7. The lowest BCUT2D eigenvalue weighted by Gasteiger charge is -2.39. The molecule has 9 rings (SSSR count). The minimum Gasteiger partial charge on any atom is -0.403 e. The van der Waals surface area contributed by atoms with Crippen LogP contribution in [0, 0.1) is 0 Å². The molecule has 17 heteroatoms. The van der Waals surface area contributed by atoms with E-state index in [-0.39, 0.29) is 46.6 Å². The van der Waals surface area contributed by atoms with Crippen LogP contribution in [0.3, 0.4) is 0 Å². The summed E-state index contributed by atoms with van der Waals surface area (Å²) < 4.78 is 191. The van der Waals surface area contributed by atoms with E-state index in [9.17, 15) is 62.1 Å². The minimum absolute atomic E-state index is 0.00553. The van der Waals surface area contributed by atoms with Crippen LogP contribution in [-0.4, -0.2) is 11.0 Å². The third-order valence-electron chi connectivity index (χ3n) is 12.3. The van der Waals surface area contributed by atoms with Gasteiger partial charge in [-0.2, -0.15) is 52.7 Å². The van der Waals surface area contributed by atoms with Crippen molar-refractivity contribution in [3.8, 4) is 39.1 Å². The molecule has 0 spiro atoms. The van der Waals surface area contributed by atoms with Gasteiger partial charge in [-0.05, 0) is 130 Å². The van der Waals surface area contributed by atoms with Crippen LogP contribution in [-0.2, 0) is 53.1 Å². The molecule has 1 heterocycles. The Morgan fingerprint density at radius 1 is 0.538 bits per heavy atom. The average Bonchev–Trinajstić information content (AvgIpc) is 3.38. The third-order valence-corrected chi connectivity index (χ3v) is 13.3. The lowest BCUT2D eigenvalue weighted by atomic mass is 9.67. The number of benzene rings is 6. The van der Waals surface area contributed by atoms with E-state index in [4.69, 9.17) is 9.05 Å². The van der Waals surface area contributed by atoms with Crippen molar-refractivity contribution in [2.75, 3.05) is 0 Å². The fourth-order valence-corrected chi connectivity index (χ4v) is 10.5. The first-order valence-electron chi connectivity index (χ1n) is 20.2. The number of alkyl halides is 12. The number of hydrogen-bond acceptors (Lipinski definition) is 3. The zero-order chi connectivity index (χ0) is 46.4. The van der Waals surface area contributed by atoms with Gasteiger partial charge in [-0.1, -0.05) is 72.8 Å². The zero-order valence-electron chi connectivity index (χ0n) is 33.4. The third kappa shape index (κ3) is 8.68. The molecular formula is C48H33F12O4P. The van der Waals surface area contributed by atoms with Gasteiger partial charge < -0.3 is 4.52 Å². The Bertz CT molecular complexity index is 2800. The van der Waals surface area contributed by atoms with E-state index >= 15 is 0 Å². The lowest BCUT2D eigenvalue weighted by molar-refractivity contribution is -0.144. The van der Waals surface area contributed by atoms with Crippen LogP contribution >= 0.6 is 7.82 Å². The molecule has 2 aliphatic carbocycles. The molecule has 4 atom stereocenters. The van der Waals surface area contributed by atoms with Gasteiger partial charge in [-0.3, -0.25) is 9.42 Å². The molecule has 0 bridgehead atoms. The number of phosphoric ester groups is 1. The van der Waals surface area contributed by atoms with Crippen LogP contribution in [0.5, 0.6) is 5.75 Å². The fraction of sp³-hybridized carbons (Fsp3) is 0.250. The van der Waals surface area contributed by atoms with Crippen molar-refractivity contribution >= 4 is 7.82 Å². The molecule has 0 amide bonds. The van der Waals surface area contributed by atoms with Gasteiger partial charge in [0, 0.05) is 23.0 Å². The van der Waals surface area contributed by atoms with E-state index in [1.807, 2.05) is 18.2 Å². The fourth-order valence-electron chi connectivity index (χ4n) is 9.41. The van der Waals surface area contributed by atoms with Crippen LogP contribution in [0.25, 0.3) is 33.4 Å². The molecule has 65 heavy (non-hydrogen) atoms.